The maximum absolute atomic E-state index is 13.1. The quantitative estimate of drug-likeness (QED) is 0.659. The van der Waals surface area contributed by atoms with Crippen LogP contribution in [0.4, 0.5) is 4.39 Å². The minimum absolute atomic E-state index is 0.0999. The second-order valence-corrected chi connectivity index (χ2v) is 4.74. The number of fused-ring (bicyclic) bond motifs is 1. The van der Waals surface area contributed by atoms with Crippen LogP contribution in [0.2, 0.25) is 5.02 Å². The molecular weight excluding hydrogens is 277 g/mol. The molecule has 0 aliphatic carbocycles. The highest BCUT2D eigenvalue weighted by Gasteiger charge is 2.16. The Balaban J connectivity index is 2.18. The van der Waals surface area contributed by atoms with Crippen LogP contribution < -0.4 is 0 Å². The van der Waals surface area contributed by atoms with Crippen molar-refractivity contribution in [1.82, 2.24) is 4.98 Å². The maximum atomic E-state index is 13.1. The van der Waals surface area contributed by atoms with Gasteiger partial charge in [-0.15, -0.1) is 0 Å². The van der Waals surface area contributed by atoms with Crippen molar-refractivity contribution in [3.05, 3.63) is 76.7 Å². The molecule has 98 valence electrons. The molecule has 0 amide bonds. The molecule has 0 N–H and O–H groups in total. The second-order valence-electron chi connectivity index (χ2n) is 4.33. The van der Waals surface area contributed by atoms with Gasteiger partial charge in [0, 0.05) is 22.7 Å². The van der Waals surface area contributed by atoms with Crippen LogP contribution in [-0.4, -0.2) is 10.8 Å². The van der Waals surface area contributed by atoms with Gasteiger partial charge in [-0.2, -0.15) is 0 Å². The van der Waals surface area contributed by atoms with Crippen LogP contribution in [0.15, 0.2) is 54.7 Å². The molecule has 2 nitrogen and oxygen atoms in total. The van der Waals surface area contributed by atoms with E-state index in [1.165, 1.54) is 12.1 Å². The van der Waals surface area contributed by atoms with Crippen molar-refractivity contribution in [2.45, 2.75) is 0 Å². The fourth-order valence-corrected chi connectivity index (χ4v) is 2.36. The van der Waals surface area contributed by atoms with Gasteiger partial charge >= 0.3 is 0 Å². The highest BCUT2D eigenvalue weighted by molar-refractivity contribution is 6.35. The van der Waals surface area contributed by atoms with Gasteiger partial charge in [0.15, 0.2) is 5.78 Å². The van der Waals surface area contributed by atoms with Crippen LogP contribution in [-0.2, 0) is 0 Å². The van der Waals surface area contributed by atoms with E-state index < -0.39 is 5.82 Å². The van der Waals surface area contributed by atoms with Crippen molar-refractivity contribution < 1.29 is 9.18 Å². The van der Waals surface area contributed by atoms with Crippen LogP contribution in [0.25, 0.3) is 10.9 Å². The highest BCUT2D eigenvalue weighted by Crippen LogP contribution is 2.24. The molecule has 0 aliphatic heterocycles. The topological polar surface area (TPSA) is 30.0 Å². The van der Waals surface area contributed by atoms with Crippen molar-refractivity contribution in [3.8, 4) is 0 Å². The van der Waals surface area contributed by atoms with Gasteiger partial charge in [-0.05, 0) is 30.3 Å². The lowest BCUT2D eigenvalue weighted by Gasteiger charge is -2.06. The Labute approximate surface area is 119 Å². The standard InChI is InChI=1S/C16H9ClFNO/c17-14-9-11(18)6-7-12(14)16(20)13-5-1-3-10-4-2-8-19-15(10)13/h1-9H. The summed E-state index contributed by atoms with van der Waals surface area (Å²) in [5, 5.41) is 0.972. The average molecular weight is 286 g/mol. The molecule has 0 bridgehead atoms. The lowest BCUT2D eigenvalue weighted by atomic mass is 10.0. The van der Waals surface area contributed by atoms with Crippen molar-refractivity contribution in [3.63, 3.8) is 0 Å². The minimum Gasteiger partial charge on any atom is -0.288 e. The Bertz CT molecular complexity index is 811. The monoisotopic (exact) mass is 285 g/mol. The summed E-state index contributed by atoms with van der Waals surface area (Å²) >= 11 is 5.94. The van der Waals surface area contributed by atoms with E-state index in [9.17, 15) is 9.18 Å². The number of carbonyl (C=O) groups is 1. The van der Waals surface area contributed by atoms with Crippen LogP contribution in [0.5, 0.6) is 0 Å². The summed E-state index contributed by atoms with van der Waals surface area (Å²) in [6.07, 6.45) is 1.63. The number of pyridine rings is 1. The first-order chi connectivity index (χ1) is 9.66. The number of carbonyl (C=O) groups excluding carboxylic acids is 1. The fraction of sp³-hybridized carbons (Fsp3) is 0. The summed E-state index contributed by atoms with van der Waals surface area (Å²) in [6.45, 7) is 0. The second kappa shape index (κ2) is 5.02. The summed E-state index contributed by atoms with van der Waals surface area (Å²) in [5.74, 6) is -0.734. The molecular formula is C16H9ClFNO. The Morgan fingerprint density at radius 3 is 2.65 bits per heavy atom. The van der Waals surface area contributed by atoms with Crippen molar-refractivity contribution in [1.29, 1.82) is 0 Å². The summed E-state index contributed by atoms with van der Waals surface area (Å²) in [5.41, 5.74) is 1.34. The Morgan fingerprint density at radius 1 is 1.05 bits per heavy atom. The maximum Gasteiger partial charge on any atom is 0.196 e. The lowest BCUT2D eigenvalue weighted by Crippen LogP contribution is -2.04. The molecule has 3 aromatic rings. The molecule has 4 heteroatoms. The molecule has 1 heterocycles. The molecule has 2 aromatic carbocycles. The third kappa shape index (κ3) is 2.17. The number of aromatic nitrogens is 1. The molecule has 0 atom stereocenters. The van der Waals surface area contributed by atoms with E-state index in [1.54, 1.807) is 18.3 Å². The molecule has 0 aliphatic rings. The first-order valence-corrected chi connectivity index (χ1v) is 6.38. The molecule has 0 unspecified atom stereocenters. The zero-order valence-electron chi connectivity index (χ0n) is 10.3. The SMILES string of the molecule is O=C(c1ccc(F)cc1Cl)c1cccc2cccnc12. The van der Waals surface area contributed by atoms with Crippen LogP contribution in [0.3, 0.4) is 0 Å². The van der Waals surface area contributed by atoms with E-state index in [-0.39, 0.29) is 16.4 Å². The molecule has 3 rings (SSSR count). The van der Waals surface area contributed by atoms with E-state index in [2.05, 4.69) is 4.98 Å². The number of para-hydroxylation sites is 1. The average Bonchev–Trinajstić information content (AvgIpc) is 2.46. The van der Waals surface area contributed by atoms with Gasteiger partial charge < -0.3 is 0 Å². The summed E-state index contributed by atoms with van der Waals surface area (Å²) in [6, 6.07) is 12.8. The zero-order valence-corrected chi connectivity index (χ0v) is 11.1. The fourth-order valence-electron chi connectivity index (χ4n) is 2.11. The molecule has 0 spiro atoms. The number of benzene rings is 2. The molecule has 0 saturated heterocycles. The van der Waals surface area contributed by atoms with E-state index in [0.717, 1.165) is 11.5 Å². The van der Waals surface area contributed by atoms with Crippen molar-refractivity contribution in [2.75, 3.05) is 0 Å². The van der Waals surface area contributed by atoms with E-state index in [1.807, 2.05) is 18.2 Å². The normalized spacial score (nSPS) is 10.7. The Morgan fingerprint density at radius 2 is 1.85 bits per heavy atom. The van der Waals surface area contributed by atoms with Crippen LogP contribution in [0.1, 0.15) is 15.9 Å². The Hall–Kier alpha value is -2.26. The number of rotatable bonds is 2. The highest BCUT2D eigenvalue weighted by atomic mass is 35.5. The number of hydrogen-bond donors (Lipinski definition) is 0. The number of halogens is 2. The predicted molar refractivity (Wildman–Crippen MR) is 76.6 cm³/mol. The minimum atomic E-state index is -0.470. The van der Waals surface area contributed by atoms with Gasteiger partial charge in [-0.1, -0.05) is 29.8 Å². The van der Waals surface area contributed by atoms with E-state index in [0.29, 0.717) is 11.1 Å². The van der Waals surface area contributed by atoms with Gasteiger partial charge in [0.2, 0.25) is 0 Å². The van der Waals surface area contributed by atoms with Gasteiger partial charge in [-0.3, -0.25) is 9.78 Å². The number of nitrogens with zero attached hydrogens (tertiary/aromatic N) is 1. The zero-order chi connectivity index (χ0) is 14.1. The molecule has 0 saturated carbocycles. The van der Waals surface area contributed by atoms with Crippen molar-refractivity contribution in [2.24, 2.45) is 0 Å². The molecule has 0 radical (unpaired) electrons. The number of hydrogen-bond acceptors (Lipinski definition) is 2. The summed E-state index contributed by atoms with van der Waals surface area (Å²) in [4.78, 5) is 16.8. The van der Waals surface area contributed by atoms with Gasteiger partial charge in [0.1, 0.15) is 5.82 Å². The molecule has 0 fully saturated rings. The third-order valence-corrected chi connectivity index (χ3v) is 3.37. The third-order valence-electron chi connectivity index (χ3n) is 3.05. The first-order valence-electron chi connectivity index (χ1n) is 6.00. The largest absolute Gasteiger partial charge is 0.288 e. The van der Waals surface area contributed by atoms with Gasteiger partial charge in [0.25, 0.3) is 0 Å². The molecule has 1 aromatic heterocycles. The van der Waals surface area contributed by atoms with Crippen LogP contribution >= 0.6 is 11.6 Å². The number of ketones is 1. The molecule has 20 heavy (non-hydrogen) atoms. The van der Waals surface area contributed by atoms with Gasteiger partial charge in [0.05, 0.1) is 10.5 Å². The lowest BCUT2D eigenvalue weighted by molar-refractivity contribution is 0.104. The van der Waals surface area contributed by atoms with Crippen molar-refractivity contribution >= 4 is 28.3 Å². The Kier molecular flexibility index (Phi) is 3.20. The first kappa shape index (κ1) is 12.8. The summed E-state index contributed by atoms with van der Waals surface area (Å²) < 4.78 is 13.1. The van der Waals surface area contributed by atoms with Gasteiger partial charge in [-0.25, -0.2) is 4.39 Å². The smallest absolute Gasteiger partial charge is 0.196 e. The van der Waals surface area contributed by atoms with E-state index >= 15 is 0 Å². The predicted octanol–water partition coefficient (Wildman–Crippen LogP) is 4.26. The van der Waals surface area contributed by atoms with Crippen LogP contribution in [0, 0.1) is 5.82 Å². The summed E-state index contributed by atoms with van der Waals surface area (Å²) in [7, 11) is 0. The van der Waals surface area contributed by atoms with E-state index in [4.69, 9.17) is 11.6 Å².